The molecule has 1 unspecified atom stereocenters. The molecule has 0 saturated carbocycles. The molecule has 0 bridgehead atoms. The Kier molecular flexibility index (Phi) is 13.1. The first-order valence-electron chi connectivity index (χ1n) is 19.1. The third-order valence-electron chi connectivity index (χ3n) is 10.9. The molecule has 0 aromatic carbocycles. The fraction of sp³-hybridized carbons (Fsp3) is 0.784. The van der Waals surface area contributed by atoms with Crippen molar-refractivity contribution in [3.05, 3.63) is 12.0 Å². The summed E-state index contributed by atoms with van der Waals surface area (Å²) in [5, 5.41) is 11.6. The number of pyridine rings is 1. The van der Waals surface area contributed by atoms with Gasteiger partial charge in [-0.3, -0.25) is 0 Å². The summed E-state index contributed by atoms with van der Waals surface area (Å²) in [5.41, 5.74) is -0.900. The molecule has 2 aromatic heterocycles. The monoisotopic (exact) mass is 810 g/mol. The topological polar surface area (TPSA) is 104 Å². The Morgan fingerprint density at radius 3 is 2.34 bits per heavy atom. The number of hydrogen-bond donors (Lipinski definition) is 1. The van der Waals surface area contributed by atoms with Crippen molar-refractivity contribution in [2.75, 3.05) is 50.8 Å². The van der Waals surface area contributed by atoms with Crippen LogP contribution in [-0.2, 0) is 4.74 Å². The van der Waals surface area contributed by atoms with E-state index in [0.29, 0.717) is 34.4 Å². The van der Waals surface area contributed by atoms with Crippen LogP contribution in [0.1, 0.15) is 99.3 Å². The van der Waals surface area contributed by atoms with Gasteiger partial charge >= 0.3 is 282 Å². The number of alkyl halides is 1. The van der Waals surface area contributed by atoms with Gasteiger partial charge in [0.25, 0.3) is 0 Å². The Hall–Kier alpha value is -2.06. The molecule has 3 atom stereocenters. The van der Waals surface area contributed by atoms with Crippen LogP contribution >= 0.6 is 0 Å². The quantitative estimate of drug-likeness (QED) is 0.212. The van der Waals surface area contributed by atoms with E-state index in [4.69, 9.17) is 24.4 Å². The van der Waals surface area contributed by atoms with E-state index in [1.807, 2.05) is 25.7 Å². The molecule has 3 aliphatic heterocycles. The van der Waals surface area contributed by atoms with E-state index in [9.17, 15) is 14.3 Å². The van der Waals surface area contributed by atoms with E-state index in [1.165, 1.54) is 4.90 Å². The number of carbonyl (C=O) groups is 1. The van der Waals surface area contributed by atoms with Crippen molar-refractivity contribution >= 4 is 44.9 Å². The number of anilines is 1. The molecule has 0 spiro atoms. The molecule has 1 amide bonds. The molecule has 13 heteroatoms. The van der Waals surface area contributed by atoms with Gasteiger partial charge in [0.15, 0.2) is 0 Å². The normalized spacial score (nSPS) is 23.4. The number of amides is 1. The second kappa shape index (κ2) is 16.7. The van der Waals surface area contributed by atoms with Gasteiger partial charge in [-0.1, -0.05) is 0 Å². The number of halogens is 2. The van der Waals surface area contributed by atoms with Crippen molar-refractivity contribution in [1.82, 2.24) is 24.8 Å². The Labute approximate surface area is 301 Å². The van der Waals surface area contributed by atoms with Crippen LogP contribution < -0.4 is 13.3 Å². The Morgan fingerprint density at radius 1 is 1.02 bits per heavy atom. The van der Waals surface area contributed by atoms with E-state index < -0.39 is 47.9 Å². The minimum atomic E-state index is -3.33. The second-order valence-electron chi connectivity index (χ2n) is 16.0. The van der Waals surface area contributed by atoms with Gasteiger partial charge in [0, 0.05) is 0 Å². The molecule has 3 saturated heterocycles. The molecular formula is C37H60F2N6O4Sn. The van der Waals surface area contributed by atoms with E-state index >= 15 is 4.39 Å². The fourth-order valence-corrected chi connectivity index (χ4v) is 23.9. The zero-order valence-electron chi connectivity index (χ0n) is 31.3. The SMILES string of the molecule is CCC[CH2][Sn]([CH2]CCC)([CH2]CCC)[c]1ncc2c(N3CCN(C(=O)OC(C)(C)C)CC(O)C3)nc(OC[C@@]34CCCN3C[C@H](F)C4)nc2c1F. The summed E-state index contributed by atoms with van der Waals surface area (Å²) in [7, 11) is 0. The number of nitrogens with zero attached hydrogens (tertiary/aromatic N) is 6. The van der Waals surface area contributed by atoms with Gasteiger partial charge in [-0.2, -0.15) is 0 Å². The summed E-state index contributed by atoms with van der Waals surface area (Å²) in [6, 6.07) is 0.0475. The first kappa shape index (κ1) is 39.2. The second-order valence-corrected chi connectivity index (χ2v) is 28.9. The number of rotatable bonds is 14. The van der Waals surface area contributed by atoms with Crippen LogP contribution in [0.15, 0.2) is 6.20 Å². The molecule has 2 aromatic rings. The molecule has 3 aliphatic rings. The summed E-state index contributed by atoms with van der Waals surface area (Å²) in [6.45, 7) is 14.4. The molecule has 5 rings (SSSR count). The van der Waals surface area contributed by atoms with Gasteiger partial charge in [0.05, 0.1) is 0 Å². The number of hydrogen-bond acceptors (Lipinski definition) is 9. The third kappa shape index (κ3) is 8.93. The van der Waals surface area contributed by atoms with Crippen LogP contribution in [0, 0.1) is 5.82 Å². The summed E-state index contributed by atoms with van der Waals surface area (Å²) in [6.07, 6.45) is 8.05. The van der Waals surface area contributed by atoms with Gasteiger partial charge in [-0.15, -0.1) is 0 Å². The number of aliphatic hydroxyl groups excluding tert-OH is 1. The number of unbranched alkanes of at least 4 members (excludes halogenated alkanes) is 3. The van der Waals surface area contributed by atoms with E-state index in [2.05, 4.69) is 25.7 Å². The molecule has 0 radical (unpaired) electrons. The molecule has 10 nitrogen and oxygen atoms in total. The van der Waals surface area contributed by atoms with Crippen molar-refractivity contribution in [2.24, 2.45) is 0 Å². The number of carbonyl (C=O) groups excluding carboxylic acids is 1. The number of ether oxygens (including phenoxy) is 2. The summed E-state index contributed by atoms with van der Waals surface area (Å²) >= 11 is -3.33. The molecule has 5 heterocycles. The van der Waals surface area contributed by atoms with Gasteiger partial charge in [0.2, 0.25) is 0 Å². The Morgan fingerprint density at radius 2 is 1.70 bits per heavy atom. The average molecular weight is 810 g/mol. The molecule has 0 aliphatic carbocycles. The number of fused-ring (bicyclic) bond motifs is 2. The third-order valence-corrected chi connectivity index (χ3v) is 25.9. The zero-order chi connectivity index (χ0) is 36.1. The fourth-order valence-electron chi connectivity index (χ4n) is 8.30. The van der Waals surface area contributed by atoms with Crippen LogP contribution in [0.4, 0.5) is 19.4 Å². The van der Waals surface area contributed by atoms with Gasteiger partial charge in [0.1, 0.15) is 0 Å². The molecule has 50 heavy (non-hydrogen) atoms. The van der Waals surface area contributed by atoms with Crippen LogP contribution in [0.5, 0.6) is 6.01 Å². The van der Waals surface area contributed by atoms with Gasteiger partial charge in [-0.25, -0.2) is 0 Å². The predicted octanol–water partition coefficient (Wildman–Crippen LogP) is 6.59. The molecule has 3 fully saturated rings. The number of aliphatic hydroxyl groups is 1. The van der Waals surface area contributed by atoms with Crippen molar-refractivity contribution in [1.29, 1.82) is 0 Å². The predicted molar refractivity (Wildman–Crippen MR) is 196 cm³/mol. The van der Waals surface area contributed by atoms with Crippen molar-refractivity contribution in [2.45, 2.75) is 136 Å². The van der Waals surface area contributed by atoms with Gasteiger partial charge < -0.3 is 0 Å². The van der Waals surface area contributed by atoms with E-state index in [-0.39, 0.29) is 43.6 Å². The number of β-amino-alcohol motifs (C(OH)–C–C–N with tert-alkyl or cyclic N) is 1. The van der Waals surface area contributed by atoms with Crippen molar-refractivity contribution in [3.63, 3.8) is 0 Å². The van der Waals surface area contributed by atoms with Crippen LogP contribution in [0.3, 0.4) is 0 Å². The average Bonchev–Trinajstić information content (AvgIpc) is 3.51. The number of aromatic nitrogens is 3. The van der Waals surface area contributed by atoms with E-state index in [0.717, 1.165) is 71.2 Å². The van der Waals surface area contributed by atoms with Crippen molar-refractivity contribution in [3.8, 4) is 6.01 Å². The minimum absolute atomic E-state index is 0.0475. The Balaban J connectivity index is 1.57. The maximum atomic E-state index is 17.3. The molecule has 1 N–H and O–H groups in total. The van der Waals surface area contributed by atoms with Crippen LogP contribution in [0.25, 0.3) is 10.9 Å². The maximum absolute atomic E-state index is 17.3. The van der Waals surface area contributed by atoms with Crippen LogP contribution in [-0.4, -0.2) is 124 Å². The summed E-state index contributed by atoms with van der Waals surface area (Å²) in [4.78, 5) is 33.1. The summed E-state index contributed by atoms with van der Waals surface area (Å²) in [5.74, 6) is 0.0614. The zero-order valence-corrected chi connectivity index (χ0v) is 34.1. The first-order valence-corrected chi connectivity index (χ1v) is 26.6. The van der Waals surface area contributed by atoms with Crippen molar-refractivity contribution < 1.29 is 28.2 Å². The van der Waals surface area contributed by atoms with E-state index in [1.54, 1.807) is 6.20 Å². The molecular weight excluding hydrogens is 749 g/mol. The first-order chi connectivity index (χ1) is 23.8. The summed E-state index contributed by atoms with van der Waals surface area (Å²) < 4.78 is 47.7. The Bertz CT molecular complexity index is 1440. The standard InChI is InChI=1S/C25H33F2N6O4.3C4H9.Sn/c1-24(2,3)37-23(35)32-8-7-31(13-17(34)14-32)21-18-10-28-11-19(27)20(18)29-22(30-21)36-15-25-5-4-6-33(25)12-16(26)9-25;3*1-3-4-2;/h10,16-17,34H,4-9,12-15H2,1-3H3;3*1,3-4H2,2H3;/t16-,17?,25+;;;;/m1..../s1. The van der Waals surface area contributed by atoms with Crippen LogP contribution in [0.2, 0.25) is 13.3 Å². The molecule has 280 valence electrons. The van der Waals surface area contributed by atoms with Gasteiger partial charge in [-0.05, 0) is 20.8 Å².